The highest BCUT2D eigenvalue weighted by atomic mass is 79.9. The van der Waals surface area contributed by atoms with E-state index in [9.17, 15) is 4.79 Å². The first kappa shape index (κ1) is 12.4. The Balaban J connectivity index is 1.89. The van der Waals surface area contributed by atoms with E-state index < -0.39 is 0 Å². The van der Waals surface area contributed by atoms with Crippen LogP contribution in [0.3, 0.4) is 0 Å². The summed E-state index contributed by atoms with van der Waals surface area (Å²) >= 11 is 3.43. The summed E-state index contributed by atoms with van der Waals surface area (Å²) in [6.45, 7) is 0. The Hall–Kier alpha value is -1.03. The SMILES string of the molecule is COc1ccc(CC(=O)NC2(CBr)CC2)cc1. The van der Waals surface area contributed by atoms with Crippen LogP contribution < -0.4 is 10.1 Å². The molecule has 1 amide bonds. The Labute approximate surface area is 110 Å². The molecule has 4 heteroatoms. The molecule has 2 rings (SSSR count). The second-order valence-electron chi connectivity index (χ2n) is 4.49. The normalized spacial score (nSPS) is 16.4. The number of nitrogens with one attached hydrogen (secondary N) is 1. The average Bonchev–Trinajstić information content (AvgIpc) is 3.10. The van der Waals surface area contributed by atoms with Crippen molar-refractivity contribution in [3.05, 3.63) is 29.8 Å². The van der Waals surface area contributed by atoms with Gasteiger partial charge in [0.25, 0.3) is 0 Å². The summed E-state index contributed by atoms with van der Waals surface area (Å²) in [5.41, 5.74) is 1.04. The molecule has 0 bridgehead atoms. The maximum Gasteiger partial charge on any atom is 0.224 e. The van der Waals surface area contributed by atoms with Crippen molar-refractivity contribution in [1.82, 2.24) is 5.32 Å². The number of alkyl halides is 1. The zero-order valence-corrected chi connectivity index (χ0v) is 11.4. The van der Waals surface area contributed by atoms with Crippen LogP contribution in [0.1, 0.15) is 18.4 Å². The highest BCUT2D eigenvalue weighted by Gasteiger charge is 2.42. The van der Waals surface area contributed by atoms with E-state index in [-0.39, 0.29) is 11.4 Å². The van der Waals surface area contributed by atoms with E-state index in [0.29, 0.717) is 6.42 Å². The summed E-state index contributed by atoms with van der Waals surface area (Å²) in [4.78, 5) is 11.8. The van der Waals surface area contributed by atoms with E-state index in [0.717, 1.165) is 29.5 Å². The van der Waals surface area contributed by atoms with Gasteiger partial charge in [0.05, 0.1) is 13.5 Å². The number of halogens is 1. The lowest BCUT2D eigenvalue weighted by Gasteiger charge is -2.14. The maximum atomic E-state index is 11.8. The molecule has 1 aromatic carbocycles. The van der Waals surface area contributed by atoms with E-state index in [1.54, 1.807) is 7.11 Å². The molecule has 0 unspecified atom stereocenters. The molecule has 1 aromatic rings. The van der Waals surface area contributed by atoms with Gasteiger partial charge in [0.15, 0.2) is 0 Å². The number of carbonyl (C=O) groups is 1. The molecule has 1 fully saturated rings. The molecule has 1 aliphatic rings. The molecule has 0 aliphatic heterocycles. The van der Waals surface area contributed by atoms with Crippen molar-refractivity contribution in [3.8, 4) is 5.75 Å². The number of hydrogen-bond donors (Lipinski definition) is 1. The van der Waals surface area contributed by atoms with Crippen molar-refractivity contribution < 1.29 is 9.53 Å². The summed E-state index contributed by atoms with van der Waals surface area (Å²) in [7, 11) is 1.63. The van der Waals surface area contributed by atoms with Crippen molar-refractivity contribution in [3.63, 3.8) is 0 Å². The first-order valence-electron chi connectivity index (χ1n) is 5.67. The lowest BCUT2D eigenvalue weighted by Crippen LogP contribution is -2.38. The van der Waals surface area contributed by atoms with Gasteiger partial charge in [-0.1, -0.05) is 28.1 Å². The smallest absolute Gasteiger partial charge is 0.224 e. The molecule has 0 heterocycles. The fourth-order valence-corrected chi connectivity index (χ4v) is 2.41. The lowest BCUT2D eigenvalue weighted by molar-refractivity contribution is -0.121. The van der Waals surface area contributed by atoms with Crippen molar-refractivity contribution in [2.45, 2.75) is 24.8 Å². The van der Waals surface area contributed by atoms with Crippen LogP contribution in [0.5, 0.6) is 5.75 Å². The minimum absolute atomic E-state index is 0.0313. The molecule has 1 aliphatic carbocycles. The van der Waals surface area contributed by atoms with Gasteiger partial charge in [-0.2, -0.15) is 0 Å². The first-order chi connectivity index (χ1) is 8.17. The van der Waals surface area contributed by atoms with Gasteiger partial charge in [-0.05, 0) is 30.5 Å². The number of hydrogen-bond acceptors (Lipinski definition) is 2. The monoisotopic (exact) mass is 297 g/mol. The van der Waals surface area contributed by atoms with Gasteiger partial charge in [-0.25, -0.2) is 0 Å². The molecule has 1 N–H and O–H groups in total. The Morgan fingerprint density at radius 1 is 1.41 bits per heavy atom. The largest absolute Gasteiger partial charge is 0.497 e. The number of ether oxygens (including phenoxy) is 1. The van der Waals surface area contributed by atoms with Crippen molar-refractivity contribution in [1.29, 1.82) is 0 Å². The fourth-order valence-electron chi connectivity index (χ4n) is 1.71. The summed E-state index contributed by atoms with van der Waals surface area (Å²) in [6.07, 6.45) is 2.58. The molecule has 92 valence electrons. The van der Waals surface area contributed by atoms with Crippen LogP contribution in [0.25, 0.3) is 0 Å². The summed E-state index contributed by atoms with van der Waals surface area (Å²) < 4.78 is 5.08. The zero-order chi connectivity index (χ0) is 12.3. The van der Waals surface area contributed by atoms with Crippen LogP contribution in [0.15, 0.2) is 24.3 Å². The Bertz CT molecular complexity index is 398. The van der Waals surface area contributed by atoms with Gasteiger partial charge < -0.3 is 10.1 Å². The predicted octanol–water partition coefficient (Wildman–Crippen LogP) is 2.28. The minimum atomic E-state index is 0.0313. The third-order valence-corrected chi connectivity index (χ3v) is 4.11. The summed E-state index contributed by atoms with van der Waals surface area (Å²) in [5.74, 6) is 0.903. The lowest BCUT2D eigenvalue weighted by atomic mass is 10.1. The number of methoxy groups -OCH3 is 1. The second kappa shape index (κ2) is 5.08. The molecular weight excluding hydrogens is 282 g/mol. The maximum absolute atomic E-state index is 11.8. The number of amides is 1. The van der Waals surface area contributed by atoms with Gasteiger partial charge in [-0.15, -0.1) is 0 Å². The quantitative estimate of drug-likeness (QED) is 0.847. The molecule has 0 spiro atoms. The number of rotatable bonds is 5. The van der Waals surface area contributed by atoms with Crippen LogP contribution in [0.2, 0.25) is 0 Å². The third kappa shape index (κ3) is 3.22. The molecule has 0 aromatic heterocycles. The predicted molar refractivity (Wildman–Crippen MR) is 70.6 cm³/mol. The second-order valence-corrected chi connectivity index (χ2v) is 5.05. The van der Waals surface area contributed by atoms with Crippen LogP contribution >= 0.6 is 15.9 Å². The van der Waals surface area contributed by atoms with E-state index in [1.165, 1.54) is 0 Å². The van der Waals surface area contributed by atoms with Crippen molar-refractivity contribution >= 4 is 21.8 Å². The van der Waals surface area contributed by atoms with Gasteiger partial charge >= 0.3 is 0 Å². The summed E-state index contributed by atoms with van der Waals surface area (Å²) in [5, 5.41) is 3.92. The number of carbonyl (C=O) groups excluding carboxylic acids is 1. The molecule has 1 saturated carbocycles. The van der Waals surface area contributed by atoms with Crippen LogP contribution in [0, 0.1) is 0 Å². The molecular formula is C13H16BrNO2. The van der Waals surface area contributed by atoms with Crippen LogP contribution in [-0.2, 0) is 11.2 Å². The van der Waals surface area contributed by atoms with E-state index in [2.05, 4.69) is 21.2 Å². The molecule has 0 saturated heterocycles. The molecule has 3 nitrogen and oxygen atoms in total. The van der Waals surface area contributed by atoms with E-state index in [1.807, 2.05) is 24.3 Å². The van der Waals surface area contributed by atoms with Crippen molar-refractivity contribution in [2.75, 3.05) is 12.4 Å². The van der Waals surface area contributed by atoms with Crippen LogP contribution in [0.4, 0.5) is 0 Å². The van der Waals surface area contributed by atoms with E-state index >= 15 is 0 Å². The Morgan fingerprint density at radius 2 is 2.06 bits per heavy atom. The highest BCUT2D eigenvalue weighted by Crippen LogP contribution is 2.36. The topological polar surface area (TPSA) is 38.3 Å². The van der Waals surface area contributed by atoms with Crippen LogP contribution in [-0.4, -0.2) is 23.9 Å². The van der Waals surface area contributed by atoms with Gasteiger partial charge in [-0.3, -0.25) is 4.79 Å². The van der Waals surface area contributed by atoms with Gasteiger partial charge in [0.1, 0.15) is 5.75 Å². The minimum Gasteiger partial charge on any atom is -0.497 e. The van der Waals surface area contributed by atoms with E-state index in [4.69, 9.17) is 4.74 Å². The summed E-state index contributed by atoms with van der Waals surface area (Å²) in [6, 6.07) is 7.60. The molecule has 0 radical (unpaired) electrons. The van der Waals surface area contributed by atoms with Crippen molar-refractivity contribution in [2.24, 2.45) is 0 Å². The fraction of sp³-hybridized carbons (Fsp3) is 0.462. The van der Waals surface area contributed by atoms with Gasteiger partial charge in [0.2, 0.25) is 5.91 Å². The Kier molecular flexibility index (Phi) is 3.72. The first-order valence-corrected chi connectivity index (χ1v) is 6.79. The molecule has 17 heavy (non-hydrogen) atoms. The highest BCUT2D eigenvalue weighted by molar-refractivity contribution is 9.09. The van der Waals surface area contributed by atoms with Gasteiger partial charge in [0, 0.05) is 10.9 Å². The average molecular weight is 298 g/mol. The standard InChI is InChI=1S/C13H16BrNO2/c1-17-11-4-2-10(3-5-11)8-12(16)15-13(9-14)6-7-13/h2-5H,6-9H2,1H3,(H,15,16). The Morgan fingerprint density at radius 3 is 2.53 bits per heavy atom. The number of benzene rings is 1. The zero-order valence-electron chi connectivity index (χ0n) is 9.83. The third-order valence-electron chi connectivity index (χ3n) is 3.04. The molecule has 0 atom stereocenters.